The summed E-state index contributed by atoms with van der Waals surface area (Å²) in [6, 6.07) is 32.2. The summed E-state index contributed by atoms with van der Waals surface area (Å²) >= 11 is 0. The van der Waals surface area contributed by atoms with Crippen LogP contribution in [0.3, 0.4) is 0 Å². The predicted molar refractivity (Wildman–Crippen MR) is 151 cm³/mol. The molecule has 38 heavy (non-hydrogen) atoms. The van der Waals surface area contributed by atoms with Crippen molar-refractivity contribution in [2.45, 2.75) is 39.2 Å². The average molecular weight is 508 g/mol. The Kier molecular flexibility index (Phi) is 8.94. The molecule has 5 heteroatoms. The third-order valence-corrected chi connectivity index (χ3v) is 6.44. The standard InChI is InChI=1S/C33H33NO4/c1-23(2)19-30(25-11-5-3-6-12-25)32(35)34-31-20-24(22-38-28-14-7-4-8-15-28)17-18-27(31)21-26-13-9-10-16-29(26)33(36)37/h3-18,20,23,30H,19,21-22H2,1-2H3,(H,34,35)(H,36,37). The molecule has 5 nitrogen and oxygen atoms in total. The van der Waals surface area contributed by atoms with Gasteiger partial charge in [0.05, 0.1) is 11.5 Å². The number of hydrogen-bond acceptors (Lipinski definition) is 3. The summed E-state index contributed by atoms with van der Waals surface area (Å²) in [5.74, 6) is -0.268. The maximum absolute atomic E-state index is 13.7. The summed E-state index contributed by atoms with van der Waals surface area (Å²) in [7, 11) is 0. The van der Waals surface area contributed by atoms with E-state index in [2.05, 4.69) is 19.2 Å². The molecule has 0 aliphatic carbocycles. The number of rotatable bonds is 11. The van der Waals surface area contributed by atoms with Gasteiger partial charge >= 0.3 is 5.97 Å². The lowest BCUT2D eigenvalue weighted by Crippen LogP contribution is -2.23. The maximum Gasteiger partial charge on any atom is 0.335 e. The first-order valence-corrected chi connectivity index (χ1v) is 12.9. The lowest BCUT2D eigenvalue weighted by molar-refractivity contribution is -0.118. The minimum atomic E-state index is -0.972. The van der Waals surface area contributed by atoms with Crippen LogP contribution in [0.1, 0.15) is 58.8 Å². The van der Waals surface area contributed by atoms with E-state index < -0.39 is 5.97 Å². The molecule has 0 aliphatic rings. The number of nitrogens with one attached hydrogen (secondary N) is 1. The topological polar surface area (TPSA) is 75.6 Å². The zero-order chi connectivity index (χ0) is 26.9. The number of hydrogen-bond donors (Lipinski definition) is 2. The van der Waals surface area contributed by atoms with Gasteiger partial charge in [-0.05, 0) is 58.9 Å². The van der Waals surface area contributed by atoms with Gasteiger partial charge in [-0.3, -0.25) is 4.79 Å². The molecule has 0 fully saturated rings. The Morgan fingerprint density at radius 2 is 1.47 bits per heavy atom. The van der Waals surface area contributed by atoms with Crippen LogP contribution in [0.5, 0.6) is 5.75 Å². The van der Waals surface area contributed by atoms with Crippen molar-refractivity contribution in [2.24, 2.45) is 5.92 Å². The molecule has 4 aromatic carbocycles. The number of carboxylic acid groups (broad SMARTS) is 1. The van der Waals surface area contributed by atoms with Gasteiger partial charge in [0.2, 0.25) is 5.91 Å². The van der Waals surface area contributed by atoms with Crippen LogP contribution in [-0.4, -0.2) is 17.0 Å². The van der Waals surface area contributed by atoms with Crippen LogP contribution < -0.4 is 10.1 Å². The highest BCUT2D eigenvalue weighted by atomic mass is 16.5. The molecule has 0 aromatic heterocycles. The van der Waals surface area contributed by atoms with Gasteiger partial charge in [-0.1, -0.05) is 92.7 Å². The Morgan fingerprint density at radius 1 is 0.816 bits per heavy atom. The highest BCUT2D eigenvalue weighted by molar-refractivity contribution is 5.96. The zero-order valence-electron chi connectivity index (χ0n) is 21.8. The van der Waals surface area contributed by atoms with Crippen LogP contribution in [0.25, 0.3) is 0 Å². The van der Waals surface area contributed by atoms with Crippen molar-refractivity contribution in [3.05, 3.63) is 131 Å². The van der Waals surface area contributed by atoms with E-state index in [1.165, 1.54) is 0 Å². The molecule has 0 bridgehead atoms. The van der Waals surface area contributed by atoms with Crippen molar-refractivity contribution in [1.82, 2.24) is 0 Å². The number of carbonyl (C=O) groups is 2. The average Bonchev–Trinajstić information content (AvgIpc) is 2.93. The third kappa shape index (κ3) is 7.10. The molecule has 194 valence electrons. The molecular weight excluding hydrogens is 474 g/mol. The van der Waals surface area contributed by atoms with E-state index in [1.54, 1.807) is 12.1 Å². The van der Waals surface area contributed by atoms with Gasteiger partial charge in [-0.2, -0.15) is 0 Å². The molecule has 2 N–H and O–H groups in total. The van der Waals surface area contributed by atoms with Crippen LogP contribution in [0.15, 0.2) is 103 Å². The minimum absolute atomic E-state index is 0.0844. The Balaban J connectivity index is 1.65. The van der Waals surface area contributed by atoms with Gasteiger partial charge in [0.15, 0.2) is 0 Å². The van der Waals surface area contributed by atoms with Crippen molar-refractivity contribution in [3.63, 3.8) is 0 Å². The first-order valence-electron chi connectivity index (χ1n) is 12.9. The lowest BCUT2D eigenvalue weighted by Gasteiger charge is -2.21. The zero-order valence-corrected chi connectivity index (χ0v) is 21.8. The van der Waals surface area contributed by atoms with Crippen molar-refractivity contribution in [2.75, 3.05) is 5.32 Å². The summed E-state index contributed by atoms with van der Waals surface area (Å²) in [5, 5.41) is 12.9. The van der Waals surface area contributed by atoms with E-state index >= 15 is 0 Å². The number of carboxylic acids is 1. The fourth-order valence-electron chi connectivity index (χ4n) is 4.53. The van der Waals surface area contributed by atoms with E-state index in [-0.39, 0.29) is 17.4 Å². The molecule has 4 rings (SSSR count). The molecule has 0 spiro atoms. The van der Waals surface area contributed by atoms with Crippen molar-refractivity contribution in [1.29, 1.82) is 0 Å². The van der Waals surface area contributed by atoms with Gasteiger partial charge < -0.3 is 15.2 Å². The Bertz CT molecular complexity index is 1370. The van der Waals surface area contributed by atoms with Crippen LogP contribution >= 0.6 is 0 Å². The molecule has 4 aromatic rings. The van der Waals surface area contributed by atoms with Crippen LogP contribution in [-0.2, 0) is 17.8 Å². The summed E-state index contributed by atoms with van der Waals surface area (Å²) in [5.41, 5.74) is 4.31. The van der Waals surface area contributed by atoms with Gasteiger partial charge in [0, 0.05) is 12.1 Å². The van der Waals surface area contributed by atoms with Crippen LogP contribution in [0.4, 0.5) is 5.69 Å². The fraction of sp³-hybridized carbons (Fsp3) is 0.212. The predicted octanol–water partition coefficient (Wildman–Crippen LogP) is 7.32. The molecule has 1 unspecified atom stereocenters. The minimum Gasteiger partial charge on any atom is -0.489 e. The number of amides is 1. The first kappa shape index (κ1) is 26.7. The van der Waals surface area contributed by atoms with E-state index in [4.69, 9.17) is 4.74 Å². The molecule has 0 saturated heterocycles. The Morgan fingerprint density at radius 3 is 2.16 bits per heavy atom. The third-order valence-electron chi connectivity index (χ3n) is 6.44. The summed E-state index contributed by atoms with van der Waals surface area (Å²) in [6.45, 7) is 4.56. The molecule has 0 heterocycles. The number of anilines is 1. The summed E-state index contributed by atoms with van der Waals surface area (Å²) in [6.07, 6.45) is 1.09. The van der Waals surface area contributed by atoms with E-state index in [1.807, 2.05) is 91.0 Å². The highest BCUT2D eigenvalue weighted by Crippen LogP contribution is 2.29. The summed E-state index contributed by atoms with van der Waals surface area (Å²) in [4.78, 5) is 25.5. The molecule has 0 aliphatic heterocycles. The lowest BCUT2D eigenvalue weighted by atomic mass is 9.89. The summed E-state index contributed by atoms with van der Waals surface area (Å²) < 4.78 is 5.94. The van der Waals surface area contributed by atoms with E-state index in [0.29, 0.717) is 36.6 Å². The number of ether oxygens (including phenoxy) is 1. The quantitative estimate of drug-likeness (QED) is 0.223. The molecule has 0 radical (unpaired) electrons. The normalized spacial score (nSPS) is 11.7. The van der Waals surface area contributed by atoms with Crippen molar-refractivity contribution >= 4 is 17.6 Å². The van der Waals surface area contributed by atoms with Gasteiger partial charge in [-0.25, -0.2) is 4.79 Å². The van der Waals surface area contributed by atoms with Gasteiger partial charge in [0.1, 0.15) is 12.4 Å². The molecular formula is C33H33NO4. The number of aromatic carboxylic acids is 1. The largest absolute Gasteiger partial charge is 0.489 e. The van der Waals surface area contributed by atoms with Crippen molar-refractivity contribution < 1.29 is 19.4 Å². The second-order valence-electron chi connectivity index (χ2n) is 9.81. The maximum atomic E-state index is 13.7. The van der Waals surface area contributed by atoms with E-state index in [0.717, 1.165) is 22.4 Å². The van der Waals surface area contributed by atoms with Gasteiger partial charge in [0.25, 0.3) is 0 Å². The second-order valence-corrected chi connectivity index (χ2v) is 9.81. The van der Waals surface area contributed by atoms with Gasteiger partial charge in [-0.15, -0.1) is 0 Å². The first-order chi connectivity index (χ1) is 18.4. The van der Waals surface area contributed by atoms with Crippen molar-refractivity contribution in [3.8, 4) is 5.75 Å². The molecule has 0 saturated carbocycles. The molecule has 1 amide bonds. The number of para-hydroxylation sites is 1. The van der Waals surface area contributed by atoms with Crippen LogP contribution in [0, 0.1) is 5.92 Å². The Labute approximate surface area is 224 Å². The molecule has 1 atom stereocenters. The SMILES string of the molecule is CC(C)CC(C(=O)Nc1cc(COc2ccccc2)ccc1Cc1ccccc1C(=O)O)c1ccccc1. The number of carbonyl (C=O) groups excluding carboxylic acids is 1. The van der Waals surface area contributed by atoms with Crippen LogP contribution in [0.2, 0.25) is 0 Å². The monoisotopic (exact) mass is 507 g/mol. The second kappa shape index (κ2) is 12.7. The highest BCUT2D eigenvalue weighted by Gasteiger charge is 2.23. The fourth-order valence-corrected chi connectivity index (χ4v) is 4.53. The smallest absolute Gasteiger partial charge is 0.335 e. The number of benzene rings is 4. The van der Waals surface area contributed by atoms with E-state index in [9.17, 15) is 14.7 Å². The Hall–Kier alpha value is -4.38.